The van der Waals surface area contributed by atoms with Gasteiger partial charge in [-0.05, 0) is 19.3 Å². The average molecular weight is 272 g/mol. The zero-order chi connectivity index (χ0) is 14.7. The molecule has 0 aliphatic heterocycles. The summed E-state index contributed by atoms with van der Waals surface area (Å²) in [6.45, 7) is 14.3. The number of ether oxygens (including phenoxy) is 1. The Morgan fingerprint density at radius 3 is 2.11 bits per heavy atom. The van der Waals surface area contributed by atoms with Gasteiger partial charge in [-0.2, -0.15) is 0 Å². The fourth-order valence-electron chi connectivity index (χ4n) is 2.71. The lowest BCUT2D eigenvalue weighted by Crippen LogP contribution is -2.49. The van der Waals surface area contributed by atoms with Crippen molar-refractivity contribution in [2.75, 3.05) is 26.8 Å². The lowest BCUT2D eigenvalue weighted by Gasteiger charge is -2.38. The second kappa shape index (κ2) is 11.7. The Hall–Kier alpha value is -0.120. The van der Waals surface area contributed by atoms with E-state index in [9.17, 15) is 0 Å². The van der Waals surface area contributed by atoms with E-state index in [2.05, 4.69) is 44.8 Å². The molecule has 0 spiro atoms. The maximum absolute atomic E-state index is 5.30. The highest BCUT2D eigenvalue weighted by Crippen LogP contribution is 2.16. The van der Waals surface area contributed by atoms with Crippen LogP contribution in [0.5, 0.6) is 0 Å². The van der Waals surface area contributed by atoms with Crippen molar-refractivity contribution in [3.63, 3.8) is 0 Å². The second-order valence-corrected chi connectivity index (χ2v) is 5.71. The predicted molar refractivity (Wildman–Crippen MR) is 84.8 cm³/mol. The van der Waals surface area contributed by atoms with Crippen LogP contribution in [-0.2, 0) is 4.74 Å². The number of hydrogen-bond acceptors (Lipinski definition) is 3. The number of nitrogens with zero attached hydrogens (tertiary/aromatic N) is 1. The summed E-state index contributed by atoms with van der Waals surface area (Å²) in [5.74, 6) is 0. The molecule has 0 aliphatic carbocycles. The molecule has 0 amide bonds. The highest BCUT2D eigenvalue weighted by atomic mass is 16.5. The summed E-state index contributed by atoms with van der Waals surface area (Å²) in [5, 5.41) is 3.61. The molecule has 116 valence electrons. The van der Waals surface area contributed by atoms with Crippen molar-refractivity contribution in [2.24, 2.45) is 0 Å². The third kappa shape index (κ3) is 7.91. The minimum absolute atomic E-state index is 0.560. The quantitative estimate of drug-likeness (QED) is 0.590. The van der Waals surface area contributed by atoms with Crippen molar-refractivity contribution >= 4 is 0 Å². The van der Waals surface area contributed by atoms with Crippen LogP contribution in [0.15, 0.2) is 0 Å². The van der Waals surface area contributed by atoms with Crippen molar-refractivity contribution in [1.29, 1.82) is 0 Å². The first-order valence-electron chi connectivity index (χ1n) is 8.08. The third-order valence-electron chi connectivity index (χ3n) is 3.82. The van der Waals surface area contributed by atoms with Gasteiger partial charge in [-0.15, -0.1) is 0 Å². The summed E-state index contributed by atoms with van der Waals surface area (Å²) >= 11 is 0. The number of hydrogen-bond donors (Lipinski definition) is 1. The molecule has 3 nitrogen and oxygen atoms in total. The Labute approximate surface area is 121 Å². The van der Waals surface area contributed by atoms with E-state index in [0.717, 1.165) is 19.7 Å². The van der Waals surface area contributed by atoms with Crippen molar-refractivity contribution in [1.82, 2.24) is 10.2 Å². The van der Waals surface area contributed by atoms with Gasteiger partial charge in [-0.1, -0.05) is 41.0 Å². The first-order valence-corrected chi connectivity index (χ1v) is 8.08. The summed E-state index contributed by atoms with van der Waals surface area (Å²) in [5.41, 5.74) is 0. The predicted octanol–water partition coefficient (Wildman–Crippen LogP) is 3.29. The van der Waals surface area contributed by atoms with E-state index in [0.29, 0.717) is 18.1 Å². The molecule has 1 N–H and O–H groups in total. The lowest BCUT2D eigenvalue weighted by molar-refractivity contribution is 0.0739. The van der Waals surface area contributed by atoms with Gasteiger partial charge in [0.1, 0.15) is 0 Å². The highest BCUT2D eigenvalue weighted by Gasteiger charge is 2.23. The van der Waals surface area contributed by atoms with Crippen LogP contribution in [0.4, 0.5) is 0 Å². The molecule has 0 aliphatic rings. The molecule has 0 rings (SSSR count). The van der Waals surface area contributed by atoms with E-state index < -0.39 is 0 Å². The topological polar surface area (TPSA) is 24.5 Å². The van der Waals surface area contributed by atoms with Crippen molar-refractivity contribution < 1.29 is 4.74 Å². The van der Waals surface area contributed by atoms with Gasteiger partial charge in [0.15, 0.2) is 0 Å². The maximum Gasteiger partial charge on any atom is 0.0589 e. The standard InChI is InChI=1S/C16H36N2O/c1-7-10-16(13-17-14(4)5)18(11-12-19-6)15(8-2)9-3/h14-17H,7-13H2,1-6H3. The van der Waals surface area contributed by atoms with E-state index in [1.165, 1.54) is 25.7 Å². The summed E-state index contributed by atoms with van der Waals surface area (Å²) in [4.78, 5) is 2.67. The van der Waals surface area contributed by atoms with Crippen molar-refractivity contribution in [3.05, 3.63) is 0 Å². The highest BCUT2D eigenvalue weighted by molar-refractivity contribution is 4.80. The molecule has 0 aromatic rings. The Balaban J connectivity index is 4.67. The number of nitrogens with one attached hydrogen (secondary N) is 1. The normalized spacial score (nSPS) is 13.7. The summed E-state index contributed by atoms with van der Waals surface area (Å²) in [6.07, 6.45) is 4.96. The smallest absolute Gasteiger partial charge is 0.0589 e. The largest absolute Gasteiger partial charge is 0.383 e. The molecule has 1 unspecified atom stereocenters. The van der Waals surface area contributed by atoms with Gasteiger partial charge in [0.2, 0.25) is 0 Å². The Kier molecular flexibility index (Phi) is 11.6. The van der Waals surface area contributed by atoms with Crippen molar-refractivity contribution in [3.8, 4) is 0 Å². The van der Waals surface area contributed by atoms with Crippen molar-refractivity contribution in [2.45, 2.75) is 78.4 Å². The van der Waals surface area contributed by atoms with E-state index >= 15 is 0 Å². The van der Waals surface area contributed by atoms with Crippen LogP contribution in [0, 0.1) is 0 Å². The molecule has 1 atom stereocenters. The average Bonchev–Trinajstić information content (AvgIpc) is 2.39. The van der Waals surface area contributed by atoms with Crippen LogP contribution in [0.3, 0.4) is 0 Å². The van der Waals surface area contributed by atoms with Crippen LogP contribution in [-0.4, -0.2) is 49.8 Å². The fourth-order valence-corrected chi connectivity index (χ4v) is 2.71. The van der Waals surface area contributed by atoms with Gasteiger partial charge in [-0.25, -0.2) is 0 Å². The monoisotopic (exact) mass is 272 g/mol. The summed E-state index contributed by atoms with van der Waals surface area (Å²) in [7, 11) is 1.80. The van der Waals surface area contributed by atoms with Gasteiger partial charge in [0, 0.05) is 38.3 Å². The number of methoxy groups -OCH3 is 1. The minimum atomic E-state index is 0.560. The maximum atomic E-state index is 5.30. The SMILES string of the molecule is CCCC(CNC(C)C)N(CCOC)C(CC)CC. The first-order chi connectivity index (χ1) is 9.10. The van der Waals surface area contributed by atoms with Crippen LogP contribution in [0.2, 0.25) is 0 Å². The van der Waals surface area contributed by atoms with Crippen LogP contribution in [0.25, 0.3) is 0 Å². The molecule has 0 saturated carbocycles. The zero-order valence-electron chi connectivity index (χ0n) is 14.0. The minimum Gasteiger partial charge on any atom is -0.383 e. The van der Waals surface area contributed by atoms with Gasteiger partial charge in [0.25, 0.3) is 0 Å². The van der Waals surface area contributed by atoms with Gasteiger partial charge in [0.05, 0.1) is 6.61 Å². The second-order valence-electron chi connectivity index (χ2n) is 5.71. The van der Waals surface area contributed by atoms with E-state index in [-0.39, 0.29) is 0 Å². The van der Waals surface area contributed by atoms with Gasteiger partial charge >= 0.3 is 0 Å². The molecular formula is C16H36N2O. The lowest BCUT2D eigenvalue weighted by atomic mass is 10.0. The molecule has 0 saturated heterocycles. The molecule has 19 heavy (non-hydrogen) atoms. The molecular weight excluding hydrogens is 236 g/mol. The van der Waals surface area contributed by atoms with E-state index in [1.54, 1.807) is 7.11 Å². The summed E-state index contributed by atoms with van der Waals surface area (Å²) in [6, 6.07) is 1.87. The molecule has 0 radical (unpaired) electrons. The molecule has 3 heteroatoms. The van der Waals surface area contributed by atoms with Crippen LogP contribution < -0.4 is 5.32 Å². The van der Waals surface area contributed by atoms with Crippen LogP contribution in [0.1, 0.15) is 60.3 Å². The molecule has 0 aromatic carbocycles. The van der Waals surface area contributed by atoms with E-state index in [4.69, 9.17) is 4.74 Å². The fraction of sp³-hybridized carbons (Fsp3) is 1.00. The Morgan fingerprint density at radius 1 is 1.05 bits per heavy atom. The van der Waals surface area contributed by atoms with E-state index in [1.807, 2.05) is 0 Å². The third-order valence-corrected chi connectivity index (χ3v) is 3.82. The molecule has 0 fully saturated rings. The number of rotatable bonds is 12. The Morgan fingerprint density at radius 2 is 1.68 bits per heavy atom. The zero-order valence-corrected chi connectivity index (χ0v) is 14.0. The van der Waals surface area contributed by atoms with Gasteiger partial charge < -0.3 is 10.1 Å². The Bertz CT molecular complexity index is 193. The molecule has 0 heterocycles. The van der Waals surface area contributed by atoms with Crippen LogP contribution >= 0.6 is 0 Å². The molecule has 0 bridgehead atoms. The summed E-state index contributed by atoms with van der Waals surface area (Å²) < 4.78 is 5.30. The van der Waals surface area contributed by atoms with Gasteiger partial charge in [-0.3, -0.25) is 4.90 Å². The molecule has 0 aromatic heterocycles. The first kappa shape index (κ1) is 18.9.